The summed E-state index contributed by atoms with van der Waals surface area (Å²) in [5.41, 5.74) is 0.852. The molecule has 7 heteroatoms. The highest BCUT2D eigenvalue weighted by molar-refractivity contribution is 5.93. The van der Waals surface area contributed by atoms with Gasteiger partial charge in [0.15, 0.2) is 23.1 Å². The number of furan rings is 1. The van der Waals surface area contributed by atoms with E-state index in [0.717, 1.165) is 5.56 Å². The van der Waals surface area contributed by atoms with Crippen molar-refractivity contribution in [2.75, 3.05) is 19.5 Å². The van der Waals surface area contributed by atoms with Gasteiger partial charge in [-0.15, -0.1) is 0 Å². The third kappa shape index (κ3) is 4.26. The quantitative estimate of drug-likeness (QED) is 0.852. The summed E-state index contributed by atoms with van der Waals surface area (Å²) in [5.74, 6) is 0.912. The van der Waals surface area contributed by atoms with Crippen molar-refractivity contribution in [2.45, 2.75) is 13.5 Å². The Morgan fingerprint density at radius 1 is 1.09 bits per heavy atom. The van der Waals surface area contributed by atoms with Gasteiger partial charge in [0.05, 0.1) is 14.2 Å². The van der Waals surface area contributed by atoms with Crippen LogP contribution in [0.3, 0.4) is 0 Å². The first-order valence-electron chi connectivity index (χ1n) is 6.90. The summed E-state index contributed by atoms with van der Waals surface area (Å²) < 4.78 is 15.6. The van der Waals surface area contributed by atoms with Crippen LogP contribution in [-0.2, 0) is 11.3 Å². The van der Waals surface area contributed by atoms with E-state index in [0.29, 0.717) is 18.0 Å². The van der Waals surface area contributed by atoms with Crippen LogP contribution in [0.25, 0.3) is 0 Å². The standard InChI is InChI=1S/C16H18N2O5/c1-10(19)18-15-7-6-13(23-15)16(20)17-9-11-4-5-12(21-2)14(8-11)22-3/h4-8H,9H2,1-3H3,(H,17,20)(H,18,19). The Morgan fingerprint density at radius 3 is 2.48 bits per heavy atom. The molecule has 122 valence electrons. The van der Waals surface area contributed by atoms with Gasteiger partial charge in [0.25, 0.3) is 5.91 Å². The van der Waals surface area contributed by atoms with Gasteiger partial charge in [-0.05, 0) is 23.8 Å². The number of amides is 2. The third-order valence-electron chi connectivity index (χ3n) is 3.03. The van der Waals surface area contributed by atoms with Crippen LogP contribution in [0, 0.1) is 0 Å². The number of rotatable bonds is 6. The Kier molecular flexibility index (Phi) is 5.24. The van der Waals surface area contributed by atoms with Gasteiger partial charge in [0.2, 0.25) is 5.91 Å². The molecule has 0 unspecified atom stereocenters. The van der Waals surface area contributed by atoms with Gasteiger partial charge in [-0.2, -0.15) is 0 Å². The first kappa shape index (κ1) is 16.4. The Labute approximate surface area is 133 Å². The lowest BCUT2D eigenvalue weighted by atomic mass is 10.2. The zero-order valence-electron chi connectivity index (χ0n) is 13.1. The van der Waals surface area contributed by atoms with E-state index < -0.39 is 0 Å². The fraction of sp³-hybridized carbons (Fsp3) is 0.250. The maximum Gasteiger partial charge on any atom is 0.287 e. The van der Waals surface area contributed by atoms with E-state index >= 15 is 0 Å². The highest BCUT2D eigenvalue weighted by atomic mass is 16.5. The molecule has 0 spiro atoms. The molecule has 2 aromatic rings. The number of carbonyl (C=O) groups excluding carboxylic acids is 2. The molecule has 0 saturated heterocycles. The number of hydrogen-bond donors (Lipinski definition) is 2. The topological polar surface area (TPSA) is 89.8 Å². The van der Waals surface area contributed by atoms with Crippen molar-refractivity contribution in [1.82, 2.24) is 5.32 Å². The van der Waals surface area contributed by atoms with Crippen molar-refractivity contribution in [3.05, 3.63) is 41.7 Å². The molecule has 0 aliphatic carbocycles. The minimum Gasteiger partial charge on any atom is -0.493 e. The molecule has 2 N–H and O–H groups in total. The summed E-state index contributed by atoms with van der Waals surface area (Å²) in [6.45, 7) is 1.66. The smallest absolute Gasteiger partial charge is 0.287 e. The fourth-order valence-corrected chi connectivity index (χ4v) is 1.96. The first-order valence-corrected chi connectivity index (χ1v) is 6.90. The molecular formula is C16H18N2O5. The van der Waals surface area contributed by atoms with Crippen LogP contribution in [0.2, 0.25) is 0 Å². The van der Waals surface area contributed by atoms with Crippen molar-refractivity contribution < 1.29 is 23.5 Å². The lowest BCUT2D eigenvalue weighted by Gasteiger charge is -2.10. The van der Waals surface area contributed by atoms with Crippen molar-refractivity contribution in [3.8, 4) is 11.5 Å². The summed E-state index contributed by atoms with van der Waals surface area (Å²) >= 11 is 0. The number of hydrogen-bond acceptors (Lipinski definition) is 5. The summed E-state index contributed by atoms with van der Waals surface area (Å²) in [5, 5.41) is 5.19. The predicted molar refractivity (Wildman–Crippen MR) is 83.7 cm³/mol. The van der Waals surface area contributed by atoms with E-state index in [1.54, 1.807) is 26.4 Å². The number of anilines is 1. The molecular weight excluding hydrogens is 300 g/mol. The van der Waals surface area contributed by atoms with Crippen molar-refractivity contribution in [3.63, 3.8) is 0 Å². The molecule has 0 aliphatic heterocycles. The summed E-state index contributed by atoms with van der Waals surface area (Å²) in [6, 6.07) is 8.39. The van der Waals surface area contributed by atoms with Crippen LogP contribution in [0.4, 0.5) is 5.88 Å². The van der Waals surface area contributed by atoms with Crippen LogP contribution in [0.15, 0.2) is 34.7 Å². The molecule has 2 rings (SSSR count). The average molecular weight is 318 g/mol. The van der Waals surface area contributed by atoms with Crippen LogP contribution >= 0.6 is 0 Å². The van der Waals surface area contributed by atoms with E-state index in [1.165, 1.54) is 19.1 Å². The first-order chi connectivity index (χ1) is 11.0. The molecule has 7 nitrogen and oxygen atoms in total. The number of benzene rings is 1. The summed E-state index contributed by atoms with van der Waals surface area (Å²) in [4.78, 5) is 22.9. The molecule has 23 heavy (non-hydrogen) atoms. The SMILES string of the molecule is COc1ccc(CNC(=O)c2ccc(NC(C)=O)o2)cc1OC. The minimum atomic E-state index is -0.378. The molecule has 0 saturated carbocycles. The van der Waals surface area contributed by atoms with Gasteiger partial charge < -0.3 is 19.2 Å². The largest absolute Gasteiger partial charge is 0.493 e. The van der Waals surface area contributed by atoms with Gasteiger partial charge in [0.1, 0.15) is 0 Å². The Bertz CT molecular complexity index is 708. The van der Waals surface area contributed by atoms with E-state index in [4.69, 9.17) is 13.9 Å². The maximum atomic E-state index is 12.0. The van der Waals surface area contributed by atoms with Gasteiger partial charge in [0, 0.05) is 19.5 Å². The monoisotopic (exact) mass is 318 g/mol. The van der Waals surface area contributed by atoms with Crippen LogP contribution in [0.1, 0.15) is 23.0 Å². The fourth-order valence-electron chi connectivity index (χ4n) is 1.96. The Hall–Kier alpha value is -2.96. The third-order valence-corrected chi connectivity index (χ3v) is 3.03. The highest BCUT2D eigenvalue weighted by Crippen LogP contribution is 2.27. The van der Waals surface area contributed by atoms with Crippen molar-refractivity contribution >= 4 is 17.7 Å². The predicted octanol–water partition coefficient (Wildman–Crippen LogP) is 2.19. The van der Waals surface area contributed by atoms with Gasteiger partial charge in [-0.25, -0.2) is 0 Å². The average Bonchev–Trinajstić information content (AvgIpc) is 3.00. The molecule has 0 aliphatic rings. The molecule has 1 aromatic carbocycles. The van der Waals surface area contributed by atoms with E-state index in [9.17, 15) is 9.59 Å². The summed E-state index contributed by atoms with van der Waals surface area (Å²) in [6.07, 6.45) is 0. The molecule has 0 radical (unpaired) electrons. The number of carbonyl (C=O) groups is 2. The lowest BCUT2D eigenvalue weighted by molar-refractivity contribution is -0.114. The number of nitrogens with one attached hydrogen (secondary N) is 2. The molecule has 1 aromatic heterocycles. The molecule has 1 heterocycles. The molecule has 0 fully saturated rings. The van der Waals surface area contributed by atoms with E-state index in [2.05, 4.69) is 10.6 Å². The Morgan fingerprint density at radius 2 is 1.83 bits per heavy atom. The summed E-state index contributed by atoms with van der Waals surface area (Å²) in [7, 11) is 3.11. The number of ether oxygens (including phenoxy) is 2. The maximum absolute atomic E-state index is 12.0. The second-order valence-electron chi connectivity index (χ2n) is 4.72. The van der Waals surface area contributed by atoms with Crippen LogP contribution in [-0.4, -0.2) is 26.0 Å². The Balaban J connectivity index is 1.98. The van der Waals surface area contributed by atoms with Crippen molar-refractivity contribution in [2.24, 2.45) is 0 Å². The van der Waals surface area contributed by atoms with E-state index in [-0.39, 0.29) is 23.5 Å². The number of methoxy groups -OCH3 is 2. The molecule has 0 bridgehead atoms. The van der Waals surface area contributed by atoms with E-state index in [1.807, 2.05) is 6.07 Å². The second-order valence-corrected chi connectivity index (χ2v) is 4.72. The zero-order chi connectivity index (χ0) is 16.8. The van der Waals surface area contributed by atoms with Gasteiger partial charge in [-0.1, -0.05) is 6.07 Å². The van der Waals surface area contributed by atoms with Gasteiger partial charge >= 0.3 is 0 Å². The van der Waals surface area contributed by atoms with Gasteiger partial charge in [-0.3, -0.25) is 14.9 Å². The van der Waals surface area contributed by atoms with Crippen LogP contribution < -0.4 is 20.1 Å². The zero-order valence-corrected chi connectivity index (χ0v) is 13.1. The second kappa shape index (κ2) is 7.35. The normalized spacial score (nSPS) is 10.0. The van der Waals surface area contributed by atoms with Crippen molar-refractivity contribution in [1.29, 1.82) is 0 Å². The molecule has 0 atom stereocenters. The minimum absolute atomic E-state index is 0.120. The molecule has 2 amide bonds. The lowest BCUT2D eigenvalue weighted by Crippen LogP contribution is -2.22. The highest BCUT2D eigenvalue weighted by Gasteiger charge is 2.12. The van der Waals surface area contributed by atoms with Crippen LogP contribution in [0.5, 0.6) is 11.5 Å².